The molecule has 0 bridgehead atoms. The van der Waals surface area contributed by atoms with Gasteiger partial charge >= 0.3 is 0 Å². The normalized spacial score (nSPS) is 10.9. The van der Waals surface area contributed by atoms with Gasteiger partial charge in [-0.25, -0.2) is 4.52 Å². The van der Waals surface area contributed by atoms with Gasteiger partial charge in [0.1, 0.15) is 5.65 Å². The molecule has 0 aliphatic heterocycles. The number of H-pyrrole nitrogens is 1. The van der Waals surface area contributed by atoms with E-state index in [0.717, 1.165) is 16.9 Å². The van der Waals surface area contributed by atoms with E-state index in [4.69, 9.17) is 4.74 Å². The molecule has 1 N–H and O–H groups in total. The van der Waals surface area contributed by atoms with Crippen molar-refractivity contribution in [2.24, 2.45) is 0 Å². The topological polar surface area (TPSA) is 42.3 Å². The predicted octanol–water partition coefficient (Wildman–Crippen LogP) is 2.73. The number of nitrogens with zero attached hydrogens (tertiary/aromatic N) is 2. The van der Waals surface area contributed by atoms with Gasteiger partial charge in [0.05, 0.1) is 18.5 Å². The van der Waals surface area contributed by atoms with Gasteiger partial charge in [-0.1, -0.05) is 30.3 Å². The molecule has 0 aliphatic carbocycles. The maximum atomic E-state index is 5.34. The molecule has 0 saturated carbocycles. The Hall–Kier alpha value is -2.23. The van der Waals surface area contributed by atoms with Gasteiger partial charge in [0.2, 0.25) is 5.88 Å². The summed E-state index contributed by atoms with van der Waals surface area (Å²) in [5.74, 6) is 0.651. The summed E-state index contributed by atoms with van der Waals surface area (Å²) in [4.78, 5) is 3.31. The first-order chi connectivity index (χ1) is 8.36. The Morgan fingerprint density at radius 3 is 2.82 bits per heavy atom. The Bertz CT molecular complexity index is 593. The summed E-state index contributed by atoms with van der Waals surface area (Å²) in [6, 6.07) is 12.1. The molecule has 3 rings (SSSR count). The summed E-state index contributed by atoms with van der Waals surface area (Å²) >= 11 is 0. The van der Waals surface area contributed by atoms with Crippen molar-refractivity contribution in [3.8, 4) is 17.1 Å². The van der Waals surface area contributed by atoms with Crippen LogP contribution >= 0.6 is 0 Å². The fourth-order valence-electron chi connectivity index (χ4n) is 1.84. The van der Waals surface area contributed by atoms with Crippen molar-refractivity contribution in [2.75, 3.05) is 6.61 Å². The fraction of sp³-hybridized carbons (Fsp3) is 0.154. The highest BCUT2D eigenvalue weighted by Gasteiger charge is 2.06. The van der Waals surface area contributed by atoms with E-state index in [0.29, 0.717) is 12.5 Å². The summed E-state index contributed by atoms with van der Waals surface area (Å²) < 4.78 is 7.14. The molecule has 3 aromatic rings. The van der Waals surface area contributed by atoms with Crippen LogP contribution in [0, 0.1) is 0 Å². The van der Waals surface area contributed by atoms with E-state index in [-0.39, 0.29) is 0 Å². The van der Waals surface area contributed by atoms with Crippen LogP contribution in [0.5, 0.6) is 5.88 Å². The van der Waals surface area contributed by atoms with Crippen LogP contribution in [0.1, 0.15) is 6.92 Å². The largest absolute Gasteiger partial charge is 0.477 e. The second kappa shape index (κ2) is 3.97. The van der Waals surface area contributed by atoms with Gasteiger partial charge < -0.3 is 9.72 Å². The van der Waals surface area contributed by atoms with Gasteiger partial charge in [-0.3, -0.25) is 0 Å². The van der Waals surface area contributed by atoms with Crippen LogP contribution in [-0.2, 0) is 0 Å². The van der Waals surface area contributed by atoms with Gasteiger partial charge in [0, 0.05) is 6.07 Å². The molecule has 86 valence electrons. The lowest BCUT2D eigenvalue weighted by molar-refractivity contribution is 0.325. The summed E-state index contributed by atoms with van der Waals surface area (Å²) in [6.45, 7) is 2.58. The van der Waals surface area contributed by atoms with Crippen molar-refractivity contribution in [3.63, 3.8) is 0 Å². The Morgan fingerprint density at radius 2 is 2.12 bits per heavy atom. The maximum Gasteiger partial charge on any atom is 0.235 e. The van der Waals surface area contributed by atoms with Crippen molar-refractivity contribution in [1.82, 2.24) is 14.6 Å². The third-order valence-electron chi connectivity index (χ3n) is 2.60. The highest BCUT2D eigenvalue weighted by atomic mass is 16.5. The van der Waals surface area contributed by atoms with E-state index >= 15 is 0 Å². The molecule has 0 atom stereocenters. The van der Waals surface area contributed by atoms with Crippen LogP contribution in [0.4, 0.5) is 0 Å². The van der Waals surface area contributed by atoms with E-state index in [1.165, 1.54) is 0 Å². The highest BCUT2D eigenvalue weighted by Crippen LogP contribution is 2.20. The average molecular weight is 227 g/mol. The molecule has 4 heteroatoms. The lowest BCUT2D eigenvalue weighted by Gasteiger charge is -1.96. The van der Waals surface area contributed by atoms with E-state index in [2.05, 4.69) is 22.2 Å². The molecule has 0 aliphatic rings. The minimum absolute atomic E-state index is 0.631. The number of imidazole rings is 1. The molecular weight excluding hydrogens is 214 g/mol. The molecular formula is C13H13N3O. The minimum atomic E-state index is 0.631. The number of hydrogen-bond acceptors (Lipinski definition) is 2. The van der Waals surface area contributed by atoms with E-state index in [1.54, 1.807) is 4.52 Å². The Labute approximate surface area is 98.8 Å². The highest BCUT2D eigenvalue weighted by molar-refractivity contribution is 5.62. The Kier molecular flexibility index (Phi) is 2.33. The standard InChI is InChI=1S/C13H13N3O/c1-2-17-13-8-12-14-11(9-16(12)15-13)10-6-4-3-5-7-10/h3-9,14H,2H2,1H3. The van der Waals surface area contributed by atoms with Crippen molar-refractivity contribution in [3.05, 3.63) is 42.6 Å². The quantitative estimate of drug-likeness (QED) is 0.747. The number of ether oxygens (including phenoxy) is 1. The maximum absolute atomic E-state index is 5.34. The molecule has 0 spiro atoms. The summed E-state index contributed by atoms with van der Waals surface area (Å²) in [6.07, 6.45) is 1.97. The zero-order valence-corrected chi connectivity index (χ0v) is 9.55. The molecule has 4 nitrogen and oxygen atoms in total. The van der Waals surface area contributed by atoms with Crippen molar-refractivity contribution >= 4 is 5.65 Å². The monoisotopic (exact) mass is 227 g/mol. The smallest absolute Gasteiger partial charge is 0.235 e. The fourth-order valence-corrected chi connectivity index (χ4v) is 1.84. The first kappa shape index (κ1) is 9.96. The van der Waals surface area contributed by atoms with E-state index in [1.807, 2.05) is 37.4 Å². The number of fused-ring (bicyclic) bond motifs is 1. The van der Waals surface area contributed by atoms with Crippen LogP contribution in [-0.4, -0.2) is 21.2 Å². The molecule has 0 amide bonds. The first-order valence-corrected chi connectivity index (χ1v) is 5.63. The average Bonchev–Trinajstić information content (AvgIpc) is 2.88. The van der Waals surface area contributed by atoms with Crippen molar-refractivity contribution < 1.29 is 4.74 Å². The molecule has 2 heterocycles. The second-order valence-electron chi connectivity index (χ2n) is 3.78. The molecule has 17 heavy (non-hydrogen) atoms. The number of aromatic amines is 1. The lowest BCUT2D eigenvalue weighted by Crippen LogP contribution is -1.91. The number of nitrogens with one attached hydrogen (secondary N) is 1. The lowest BCUT2D eigenvalue weighted by atomic mass is 10.2. The van der Waals surface area contributed by atoms with Crippen LogP contribution in [0.3, 0.4) is 0 Å². The van der Waals surface area contributed by atoms with Crippen LogP contribution < -0.4 is 4.74 Å². The molecule has 0 fully saturated rings. The molecule has 1 aromatic carbocycles. The summed E-state index contributed by atoms with van der Waals surface area (Å²) in [5.41, 5.74) is 3.14. The molecule has 0 saturated heterocycles. The second-order valence-corrected chi connectivity index (χ2v) is 3.78. The van der Waals surface area contributed by atoms with Gasteiger partial charge in [-0.05, 0) is 12.5 Å². The third kappa shape index (κ3) is 1.78. The molecule has 0 radical (unpaired) electrons. The number of aromatic nitrogens is 3. The van der Waals surface area contributed by atoms with Crippen molar-refractivity contribution in [1.29, 1.82) is 0 Å². The van der Waals surface area contributed by atoms with Crippen LogP contribution in [0.15, 0.2) is 42.6 Å². The van der Waals surface area contributed by atoms with E-state index in [9.17, 15) is 0 Å². The Morgan fingerprint density at radius 1 is 1.29 bits per heavy atom. The van der Waals surface area contributed by atoms with Gasteiger partial charge in [0.15, 0.2) is 0 Å². The zero-order chi connectivity index (χ0) is 11.7. The minimum Gasteiger partial charge on any atom is -0.477 e. The van der Waals surface area contributed by atoms with Gasteiger partial charge in [-0.2, -0.15) is 0 Å². The van der Waals surface area contributed by atoms with Gasteiger partial charge in [-0.15, -0.1) is 5.10 Å². The van der Waals surface area contributed by atoms with Crippen LogP contribution in [0.2, 0.25) is 0 Å². The van der Waals surface area contributed by atoms with Crippen LogP contribution in [0.25, 0.3) is 16.9 Å². The third-order valence-corrected chi connectivity index (χ3v) is 2.60. The Balaban J connectivity index is 2.01. The molecule has 0 unspecified atom stereocenters. The predicted molar refractivity (Wildman–Crippen MR) is 66.1 cm³/mol. The SMILES string of the molecule is CCOc1cc2[nH]c(-c3ccccc3)cn2n1. The zero-order valence-electron chi connectivity index (χ0n) is 9.55. The number of rotatable bonds is 3. The number of benzene rings is 1. The van der Waals surface area contributed by atoms with E-state index < -0.39 is 0 Å². The van der Waals surface area contributed by atoms with Crippen molar-refractivity contribution in [2.45, 2.75) is 6.92 Å². The number of hydrogen-bond donors (Lipinski definition) is 1. The molecule has 2 aromatic heterocycles. The van der Waals surface area contributed by atoms with Gasteiger partial charge in [0.25, 0.3) is 0 Å². The summed E-state index contributed by atoms with van der Waals surface area (Å²) in [7, 11) is 0. The summed E-state index contributed by atoms with van der Waals surface area (Å²) in [5, 5.41) is 4.31. The first-order valence-electron chi connectivity index (χ1n) is 5.63.